The van der Waals surface area contributed by atoms with Gasteiger partial charge in [-0.2, -0.15) is 0 Å². The Bertz CT molecular complexity index is 1090. The van der Waals surface area contributed by atoms with Gasteiger partial charge in [0.25, 0.3) is 5.22 Å². The van der Waals surface area contributed by atoms with Gasteiger partial charge in [-0.3, -0.25) is 0 Å². The Labute approximate surface area is 203 Å². The van der Waals surface area contributed by atoms with E-state index in [-0.39, 0.29) is 21.8 Å². The van der Waals surface area contributed by atoms with Gasteiger partial charge in [-0.05, 0) is 92.8 Å². The number of rotatable bonds is 7. The number of phenols is 1. The molecule has 0 spiro atoms. The summed E-state index contributed by atoms with van der Waals surface area (Å²) < 4.78 is 17.3. The molecule has 0 aliphatic carbocycles. The third-order valence-corrected chi connectivity index (χ3v) is 6.25. The van der Waals surface area contributed by atoms with E-state index in [0.29, 0.717) is 29.8 Å². The van der Waals surface area contributed by atoms with E-state index >= 15 is 0 Å². The molecule has 0 atom stereocenters. The van der Waals surface area contributed by atoms with Crippen LogP contribution >= 0.6 is 56.9 Å². The number of carbonyl (C=O) groups is 1. The Morgan fingerprint density at radius 2 is 1.67 bits per heavy atom. The Hall–Kier alpha value is -2.00. The van der Waals surface area contributed by atoms with Gasteiger partial charge in [-0.1, -0.05) is 0 Å². The van der Waals surface area contributed by atoms with Gasteiger partial charge in [-0.25, -0.2) is 4.79 Å². The van der Waals surface area contributed by atoms with Crippen LogP contribution in [-0.2, 0) is 4.79 Å². The van der Waals surface area contributed by atoms with Crippen molar-refractivity contribution in [2.75, 3.05) is 14.2 Å². The first-order chi connectivity index (χ1) is 14.3. The van der Waals surface area contributed by atoms with Crippen LogP contribution < -0.4 is 9.47 Å². The van der Waals surface area contributed by atoms with E-state index < -0.39 is 5.97 Å². The number of halogens is 2. The molecule has 0 saturated carbocycles. The molecule has 3 rings (SSSR count). The second kappa shape index (κ2) is 9.87. The van der Waals surface area contributed by atoms with Crippen LogP contribution in [0.2, 0.25) is 0 Å². The lowest BCUT2D eigenvalue weighted by Gasteiger charge is -2.05. The topological polar surface area (TPSA) is 115 Å². The van der Waals surface area contributed by atoms with E-state index in [2.05, 4.69) is 10.2 Å². The molecule has 0 bridgehead atoms. The molecule has 0 unspecified atom stereocenters. The zero-order valence-electron chi connectivity index (χ0n) is 15.6. The average molecular weight is 652 g/mol. The fourth-order valence-corrected chi connectivity index (χ4v) is 4.84. The van der Waals surface area contributed by atoms with Crippen molar-refractivity contribution < 1.29 is 28.9 Å². The Morgan fingerprint density at radius 1 is 1.07 bits per heavy atom. The summed E-state index contributed by atoms with van der Waals surface area (Å²) in [7, 11) is 3.06. The van der Waals surface area contributed by atoms with Crippen molar-refractivity contribution in [3.8, 4) is 28.7 Å². The van der Waals surface area contributed by atoms with Crippen molar-refractivity contribution in [2.24, 2.45) is 0 Å². The molecule has 2 N–H and O–H groups in total. The summed E-state index contributed by atoms with van der Waals surface area (Å²) in [6.07, 6.45) is 1.48. The predicted molar refractivity (Wildman–Crippen MR) is 128 cm³/mol. The van der Waals surface area contributed by atoms with Crippen molar-refractivity contribution in [1.82, 2.24) is 10.2 Å². The van der Waals surface area contributed by atoms with Crippen LogP contribution in [-0.4, -0.2) is 40.6 Å². The number of carboxylic acid groups (broad SMARTS) is 1. The zero-order chi connectivity index (χ0) is 21.8. The molecular formula is C19H14I2N2O6S. The van der Waals surface area contributed by atoms with Crippen LogP contribution in [0.1, 0.15) is 5.56 Å². The van der Waals surface area contributed by atoms with Crippen LogP contribution in [0.5, 0.6) is 17.2 Å². The van der Waals surface area contributed by atoms with E-state index in [1.807, 2.05) is 45.2 Å². The fourth-order valence-electron chi connectivity index (χ4n) is 2.35. The minimum Gasteiger partial charge on any atom is -0.506 e. The normalized spacial score (nSPS) is 11.4. The third kappa shape index (κ3) is 5.37. The number of ether oxygens (including phenoxy) is 2. The largest absolute Gasteiger partial charge is 0.506 e. The van der Waals surface area contributed by atoms with Crippen molar-refractivity contribution in [3.05, 3.63) is 47.9 Å². The quantitative estimate of drug-likeness (QED) is 0.209. The second-order valence-electron chi connectivity index (χ2n) is 5.72. The first-order valence-electron chi connectivity index (χ1n) is 8.18. The highest BCUT2D eigenvalue weighted by Crippen LogP contribution is 2.34. The summed E-state index contributed by atoms with van der Waals surface area (Å²) in [5.41, 5.74) is 1.21. The molecule has 0 saturated heterocycles. The highest BCUT2D eigenvalue weighted by atomic mass is 127. The summed E-state index contributed by atoms with van der Waals surface area (Å²) in [5, 5.41) is 27.5. The highest BCUT2D eigenvalue weighted by Gasteiger charge is 2.17. The number of aromatic hydroxyl groups is 1. The lowest BCUT2D eigenvalue weighted by Crippen LogP contribution is -1.97. The number of benzene rings is 2. The monoisotopic (exact) mass is 652 g/mol. The van der Waals surface area contributed by atoms with Crippen molar-refractivity contribution in [1.29, 1.82) is 0 Å². The van der Waals surface area contributed by atoms with E-state index in [9.17, 15) is 15.0 Å². The van der Waals surface area contributed by atoms with E-state index in [0.717, 1.165) is 11.8 Å². The number of thioether (sulfide) groups is 1. The summed E-state index contributed by atoms with van der Waals surface area (Å²) in [4.78, 5) is 11.7. The standard InChI is InChI=1S/C19H14I2N2O6S/c1-27-11-6-10(7-12(8-11)28-2)17-22-23-19(29-17)30-15(18(25)26)5-9-3-13(20)16(24)14(21)4-9/h3-8,24H,1-2H3,(H,25,26)/b15-5-. The molecule has 8 nitrogen and oxygen atoms in total. The molecule has 2 aromatic carbocycles. The van der Waals surface area contributed by atoms with Gasteiger partial charge in [0.15, 0.2) is 0 Å². The van der Waals surface area contributed by atoms with Crippen molar-refractivity contribution in [2.45, 2.75) is 5.22 Å². The van der Waals surface area contributed by atoms with Crippen LogP contribution in [0.25, 0.3) is 17.5 Å². The molecule has 156 valence electrons. The molecule has 0 radical (unpaired) electrons. The summed E-state index contributed by atoms with van der Waals surface area (Å²) >= 11 is 4.80. The Balaban J connectivity index is 1.90. The molecule has 1 heterocycles. The Kier molecular flexibility index (Phi) is 7.46. The second-order valence-corrected chi connectivity index (χ2v) is 9.04. The highest BCUT2D eigenvalue weighted by molar-refractivity contribution is 14.1. The summed E-state index contributed by atoms with van der Waals surface area (Å²) in [5.74, 6) is 0.334. The van der Waals surface area contributed by atoms with Gasteiger partial charge in [0, 0.05) is 11.6 Å². The third-order valence-electron chi connectivity index (χ3n) is 3.75. The van der Waals surface area contributed by atoms with E-state index in [1.165, 1.54) is 20.3 Å². The van der Waals surface area contributed by atoms with Crippen LogP contribution in [0.3, 0.4) is 0 Å². The molecule has 0 aliphatic rings. The van der Waals surface area contributed by atoms with Gasteiger partial charge in [0.1, 0.15) is 22.2 Å². The SMILES string of the molecule is COc1cc(OC)cc(-c2nnc(S/C(=C\c3cc(I)c(O)c(I)c3)C(=O)O)o2)c1. The number of methoxy groups -OCH3 is 2. The predicted octanol–water partition coefficient (Wildman–Crippen LogP) is 4.89. The average Bonchev–Trinajstić information content (AvgIpc) is 3.19. The number of nitrogens with zero attached hydrogens (tertiary/aromatic N) is 2. The van der Waals surface area contributed by atoms with Crippen molar-refractivity contribution >= 4 is 69.0 Å². The molecule has 0 aliphatic heterocycles. The molecule has 0 fully saturated rings. The van der Waals surface area contributed by atoms with Crippen LogP contribution in [0.4, 0.5) is 0 Å². The van der Waals surface area contributed by atoms with Gasteiger partial charge >= 0.3 is 5.97 Å². The summed E-state index contributed by atoms with van der Waals surface area (Å²) in [6, 6.07) is 8.49. The lowest BCUT2D eigenvalue weighted by molar-refractivity contribution is -0.131. The first-order valence-corrected chi connectivity index (χ1v) is 11.2. The Morgan fingerprint density at radius 3 is 2.20 bits per heavy atom. The van der Waals surface area contributed by atoms with Crippen molar-refractivity contribution in [3.63, 3.8) is 0 Å². The minimum absolute atomic E-state index is 0.00860. The molecule has 1 aromatic heterocycles. The molecule has 0 amide bonds. The molecule has 30 heavy (non-hydrogen) atoms. The zero-order valence-corrected chi connectivity index (χ0v) is 20.7. The van der Waals surface area contributed by atoms with Crippen LogP contribution in [0.15, 0.2) is 44.9 Å². The number of carboxylic acids is 1. The summed E-state index contributed by atoms with van der Waals surface area (Å²) in [6.45, 7) is 0. The first kappa shape index (κ1) is 22.7. The smallest absolute Gasteiger partial charge is 0.342 e. The number of hydrogen-bond donors (Lipinski definition) is 2. The van der Waals surface area contributed by atoms with Gasteiger partial charge in [0.2, 0.25) is 5.89 Å². The van der Waals surface area contributed by atoms with Crippen LogP contribution in [0, 0.1) is 7.14 Å². The number of hydrogen-bond acceptors (Lipinski definition) is 8. The van der Waals surface area contributed by atoms with Gasteiger partial charge in [-0.15, -0.1) is 10.2 Å². The fraction of sp³-hybridized carbons (Fsp3) is 0.105. The van der Waals surface area contributed by atoms with E-state index in [1.54, 1.807) is 30.3 Å². The maximum Gasteiger partial charge on any atom is 0.342 e. The molecule has 3 aromatic rings. The number of aromatic nitrogens is 2. The van der Waals surface area contributed by atoms with E-state index in [4.69, 9.17) is 13.9 Å². The maximum absolute atomic E-state index is 11.7. The minimum atomic E-state index is -1.14. The lowest BCUT2D eigenvalue weighted by atomic mass is 10.2. The molecular weight excluding hydrogens is 638 g/mol. The maximum atomic E-state index is 11.7. The number of phenolic OH excluding ortho intramolecular Hbond substituents is 1. The number of aliphatic carboxylic acids is 1. The van der Waals surface area contributed by atoms with Gasteiger partial charge in [0.05, 0.1) is 21.4 Å². The van der Waals surface area contributed by atoms with Gasteiger partial charge < -0.3 is 24.1 Å². The molecule has 11 heteroatoms.